The first-order valence-corrected chi connectivity index (χ1v) is 9.66. The third-order valence-electron chi connectivity index (χ3n) is 4.88. The molecule has 6 heteroatoms. The minimum absolute atomic E-state index is 0.130. The summed E-state index contributed by atoms with van der Waals surface area (Å²) in [6.45, 7) is 5.21. The van der Waals surface area contributed by atoms with Crippen LogP contribution in [0, 0.1) is 0 Å². The number of piperazine rings is 1. The fraction of sp³-hybridized carbons (Fsp3) is 0.409. The predicted octanol–water partition coefficient (Wildman–Crippen LogP) is 2.14. The Balaban J connectivity index is 1.57. The average Bonchev–Trinajstić information content (AvgIpc) is 2.74. The van der Waals surface area contributed by atoms with Crippen molar-refractivity contribution in [1.29, 1.82) is 0 Å². The molecule has 0 aliphatic carbocycles. The maximum Gasteiger partial charge on any atom is 0.236 e. The molecule has 150 valence electrons. The first-order chi connectivity index (χ1) is 13.7. The summed E-state index contributed by atoms with van der Waals surface area (Å²) in [5.74, 6) is 1.51. The molecule has 0 spiro atoms. The van der Waals surface area contributed by atoms with E-state index < -0.39 is 0 Å². The second-order valence-electron chi connectivity index (χ2n) is 7.04. The van der Waals surface area contributed by atoms with Crippen LogP contribution < -0.4 is 14.8 Å². The number of ether oxygens (including phenoxy) is 2. The van der Waals surface area contributed by atoms with Crippen LogP contribution in [0.25, 0.3) is 0 Å². The van der Waals surface area contributed by atoms with E-state index >= 15 is 0 Å². The molecule has 0 bridgehead atoms. The second-order valence-corrected chi connectivity index (χ2v) is 7.04. The van der Waals surface area contributed by atoms with Gasteiger partial charge in [0.15, 0.2) is 11.5 Å². The van der Waals surface area contributed by atoms with E-state index in [2.05, 4.69) is 10.2 Å². The monoisotopic (exact) mass is 383 g/mol. The zero-order chi connectivity index (χ0) is 19.8. The third kappa shape index (κ3) is 5.71. The lowest BCUT2D eigenvalue weighted by Crippen LogP contribution is -2.47. The van der Waals surface area contributed by atoms with Crippen molar-refractivity contribution < 1.29 is 14.3 Å². The van der Waals surface area contributed by atoms with Crippen molar-refractivity contribution in [3.8, 4) is 11.5 Å². The molecule has 1 fully saturated rings. The Morgan fingerprint density at radius 1 is 1.07 bits per heavy atom. The van der Waals surface area contributed by atoms with Gasteiger partial charge in [-0.3, -0.25) is 9.69 Å². The number of nitrogens with one attached hydrogen (secondary N) is 1. The van der Waals surface area contributed by atoms with Crippen molar-refractivity contribution in [2.24, 2.45) is 0 Å². The standard InChI is InChI=1S/C22H29N3O3/c1-24(22(26)16-25-12-10-23-11-13-25)15-19-8-9-20(21(14-19)27-2)28-17-18-6-4-3-5-7-18/h3-9,14,23H,10-13,15-17H2,1-2H3. The van der Waals surface area contributed by atoms with E-state index in [0.717, 1.165) is 37.3 Å². The van der Waals surface area contributed by atoms with Crippen molar-refractivity contribution >= 4 is 5.91 Å². The fourth-order valence-electron chi connectivity index (χ4n) is 3.21. The number of methoxy groups -OCH3 is 1. The van der Waals surface area contributed by atoms with E-state index in [4.69, 9.17) is 9.47 Å². The Morgan fingerprint density at radius 2 is 1.82 bits per heavy atom. The molecular weight excluding hydrogens is 354 g/mol. The van der Waals surface area contributed by atoms with E-state index in [-0.39, 0.29) is 5.91 Å². The van der Waals surface area contributed by atoms with Gasteiger partial charge in [-0.1, -0.05) is 36.4 Å². The summed E-state index contributed by atoms with van der Waals surface area (Å²) in [6.07, 6.45) is 0. The van der Waals surface area contributed by atoms with Gasteiger partial charge < -0.3 is 19.7 Å². The lowest BCUT2D eigenvalue weighted by atomic mass is 10.2. The molecule has 1 heterocycles. The molecule has 1 amide bonds. The molecule has 1 aliphatic heterocycles. The zero-order valence-electron chi connectivity index (χ0n) is 16.7. The molecule has 3 rings (SSSR count). The lowest BCUT2D eigenvalue weighted by molar-refractivity contribution is -0.131. The summed E-state index contributed by atoms with van der Waals surface area (Å²) < 4.78 is 11.4. The first kappa shape index (κ1) is 20.2. The first-order valence-electron chi connectivity index (χ1n) is 9.66. The number of likely N-dealkylation sites (N-methyl/N-ethyl adjacent to an activating group) is 1. The highest BCUT2D eigenvalue weighted by molar-refractivity contribution is 5.78. The van der Waals surface area contributed by atoms with Crippen LogP contribution in [0.3, 0.4) is 0 Å². The van der Waals surface area contributed by atoms with Crippen molar-refractivity contribution in [1.82, 2.24) is 15.1 Å². The molecule has 1 aliphatic rings. The normalized spacial score (nSPS) is 14.5. The molecule has 0 radical (unpaired) electrons. The van der Waals surface area contributed by atoms with Crippen LogP contribution in [0.1, 0.15) is 11.1 Å². The average molecular weight is 383 g/mol. The predicted molar refractivity (Wildman–Crippen MR) is 110 cm³/mol. The van der Waals surface area contributed by atoms with Crippen LogP contribution in [-0.2, 0) is 17.9 Å². The molecule has 2 aromatic carbocycles. The number of rotatable bonds is 8. The SMILES string of the molecule is COc1cc(CN(C)C(=O)CN2CCNCC2)ccc1OCc1ccccc1. The van der Waals surface area contributed by atoms with Crippen molar-refractivity contribution in [2.45, 2.75) is 13.2 Å². The number of carbonyl (C=O) groups excluding carboxylic acids is 1. The third-order valence-corrected chi connectivity index (χ3v) is 4.88. The maximum atomic E-state index is 12.5. The highest BCUT2D eigenvalue weighted by Gasteiger charge is 2.17. The van der Waals surface area contributed by atoms with Gasteiger partial charge in [-0.2, -0.15) is 0 Å². The number of carbonyl (C=O) groups is 1. The van der Waals surface area contributed by atoms with Gasteiger partial charge in [-0.25, -0.2) is 0 Å². The zero-order valence-corrected chi connectivity index (χ0v) is 16.7. The van der Waals surface area contributed by atoms with E-state index in [9.17, 15) is 4.79 Å². The van der Waals surface area contributed by atoms with Gasteiger partial charge in [0.1, 0.15) is 6.61 Å². The minimum atomic E-state index is 0.130. The molecular formula is C22H29N3O3. The maximum absolute atomic E-state index is 12.5. The van der Waals surface area contributed by atoms with E-state index in [1.165, 1.54) is 0 Å². The fourth-order valence-corrected chi connectivity index (χ4v) is 3.21. The molecule has 2 aromatic rings. The van der Waals surface area contributed by atoms with Crippen LogP contribution in [0.4, 0.5) is 0 Å². The summed E-state index contributed by atoms with van der Waals surface area (Å²) in [7, 11) is 3.48. The molecule has 28 heavy (non-hydrogen) atoms. The van der Waals surface area contributed by atoms with Crippen LogP contribution >= 0.6 is 0 Å². The summed E-state index contributed by atoms with van der Waals surface area (Å²) in [5.41, 5.74) is 2.12. The smallest absolute Gasteiger partial charge is 0.236 e. The van der Waals surface area contributed by atoms with Crippen molar-refractivity contribution in [3.05, 3.63) is 59.7 Å². The van der Waals surface area contributed by atoms with Gasteiger partial charge in [-0.15, -0.1) is 0 Å². The van der Waals surface area contributed by atoms with Crippen LogP contribution in [-0.4, -0.2) is 62.6 Å². The topological polar surface area (TPSA) is 54.0 Å². The second kappa shape index (κ2) is 10.1. The van der Waals surface area contributed by atoms with E-state index in [0.29, 0.717) is 31.2 Å². The summed E-state index contributed by atoms with van der Waals surface area (Å²) in [5, 5.41) is 3.30. The highest BCUT2D eigenvalue weighted by Crippen LogP contribution is 2.29. The molecule has 0 atom stereocenters. The van der Waals surface area contributed by atoms with Gasteiger partial charge in [-0.05, 0) is 23.3 Å². The Hall–Kier alpha value is -2.57. The quantitative estimate of drug-likeness (QED) is 0.757. The molecule has 6 nitrogen and oxygen atoms in total. The van der Waals surface area contributed by atoms with Crippen molar-refractivity contribution in [2.75, 3.05) is 46.9 Å². The highest BCUT2D eigenvalue weighted by atomic mass is 16.5. The molecule has 0 saturated carbocycles. The number of hydrogen-bond donors (Lipinski definition) is 1. The summed E-state index contributed by atoms with van der Waals surface area (Å²) in [6, 6.07) is 15.9. The van der Waals surface area contributed by atoms with Gasteiger partial charge in [0.2, 0.25) is 5.91 Å². The Bertz CT molecular complexity index is 761. The van der Waals surface area contributed by atoms with Crippen LogP contribution in [0.15, 0.2) is 48.5 Å². The Morgan fingerprint density at radius 3 is 2.54 bits per heavy atom. The molecule has 1 N–H and O–H groups in total. The number of amides is 1. The van der Waals surface area contributed by atoms with Gasteiger partial charge in [0.25, 0.3) is 0 Å². The largest absolute Gasteiger partial charge is 0.493 e. The Labute approximate surface area is 167 Å². The van der Waals surface area contributed by atoms with Gasteiger partial charge in [0, 0.05) is 39.8 Å². The molecule has 1 saturated heterocycles. The van der Waals surface area contributed by atoms with Crippen LogP contribution in [0.5, 0.6) is 11.5 Å². The van der Waals surface area contributed by atoms with Gasteiger partial charge in [0.05, 0.1) is 13.7 Å². The molecule has 0 aromatic heterocycles. The van der Waals surface area contributed by atoms with E-state index in [1.54, 1.807) is 12.0 Å². The number of benzene rings is 2. The molecule has 0 unspecified atom stereocenters. The summed E-state index contributed by atoms with van der Waals surface area (Å²) in [4.78, 5) is 16.5. The van der Waals surface area contributed by atoms with E-state index in [1.807, 2.05) is 55.6 Å². The van der Waals surface area contributed by atoms with Crippen molar-refractivity contribution in [3.63, 3.8) is 0 Å². The van der Waals surface area contributed by atoms with Gasteiger partial charge >= 0.3 is 0 Å². The number of hydrogen-bond acceptors (Lipinski definition) is 5. The lowest BCUT2D eigenvalue weighted by Gasteiger charge is -2.28. The summed E-state index contributed by atoms with van der Waals surface area (Å²) >= 11 is 0. The minimum Gasteiger partial charge on any atom is -0.493 e. The number of nitrogens with zero attached hydrogens (tertiary/aromatic N) is 2. The van der Waals surface area contributed by atoms with Crippen LogP contribution in [0.2, 0.25) is 0 Å². The Kier molecular flexibility index (Phi) is 7.28.